The minimum atomic E-state index is -0.383. The van der Waals surface area contributed by atoms with E-state index in [0.717, 1.165) is 18.5 Å². The highest BCUT2D eigenvalue weighted by molar-refractivity contribution is 5.56. The second-order valence-corrected chi connectivity index (χ2v) is 5.38. The number of rotatable bonds is 5. The van der Waals surface area contributed by atoms with Crippen LogP contribution in [0.2, 0.25) is 0 Å². The van der Waals surface area contributed by atoms with Crippen molar-refractivity contribution in [1.29, 1.82) is 0 Å². The second kappa shape index (κ2) is 6.59. The molecular formula is C15H22N2O3. The van der Waals surface area contributed by atoms with E-state index in [4.69, 9.17) is 4.74 Å². The summed E-state index contributed by atoms with van der Waals surface area (Å²) in [4.78, 5) is 10.6. The van der Waals surface area contributed by atoms with Crippen LogP contribution < -0.4 is 10.1 Å². The van der Waals surface area contributed by atoms with E-state index in [9.17, 15) is 10.1 Å². The van der Waals surface area contributed by atoms with Crippen LogP contribution in [0.4, 0.5) is 11.4 Å². The van der Waals surface area contributed by atoms with Crippen LogP contribution in [0.1, 0.15) is 39.0 Å². The molecule has 1 aliphatic carbocycles. The third-order valence-corrected chi connectivity index (χ3v) is 4.12. The van der Waals surface area contributed by atoms with Gasteiger partial charge >= 0.3 is 0 Å². The first-order valence-corrected chi connectivity index (χ1v) is 7.24. The molecule has 0 heterocycles. The molecule has 0 amide bonds. The number of hydrogen-bond donors (Lipinski definition) is 1. The van der Waals surface area contributed by atoms with Crippen molar-refractivity contribution in [3.8, 4) is 5.75 Å². The van der Waals surface area contributed by atoms with Gasteiger partial charge in [-0.25, -0.2) is 0 Å². The van der Waals surface area contributed by atoms with Crippen molar-refractivity contribution in [3.63, 3.8) is 0 Å². The van der Waals surface area contributed by atoms with Gasteiger partial charge in [-0.1, -0.05) is 26.2 Å². The van der Waals surface area contributed by atoms with E-state index in [1.807, 2.05) is 6.07 Å². The molecule has 1 fully saturated rings. The summed E-state index contributed by atoms with van der Waals surface area (Å²) in [5, 5.41) is 14.4. The number of benzene rings is 1. The number of hydrogen-bond acceptors (Lipinski definition) is 4. The zero-order chi connectivity index (χ0) is 14.5. The van der Waals surface area contributed by atoms with Crippen molar-refractivity contribution in [1.82, 2.24) is 0 Å². The predicted molar refractivity (Wildman–Crippen MR) is 79.3 cm³/mol. The highest BCUT2D eigenvalue weighted by atomic mass is 16.6. The zero-order valence-corrected chi connectivity index (χ0v) is 12.1. The van der Waals surface area contributed by atoms with Crippen LogP contribution in [0.25, 0.3) is 0 Å². The fourth-order valence-electron chi connectivity index (χ4n) is 2.99. The molecule has 20 heavy (non-hydrogen) atoms. The summed E-state index contributed by atoms with van der Waals surface area (Å²) < 4.78 is 5.14. The van der Waals surface area contributed by atoms with Gasteiger partial charge in [0.2, 0.25) is 0 Å². The molecule has 0 aliphatic heterocycles. The van der Waals surface area contributed by atoms with Crippen LogP contribution in [0.15, 0.2) is 18.2 Å². The SMILES string of the molecule is CCC1CCCCC1Nc1cc(OC)cc([N+](=O)[O-])c1. The van der Waals surface area contributed by atoms with Crippen LogP contribution in [-0.2, 0) is 0 Å². The Morgan fingerprint density at radius 2 is 2.10 bits per heavy atom. The average Bonchev–Trinajstić information content (AvgIpc) is 2.47. The molecule has 0 radical (unpaired) electrons. The van der Waals surface area contributed by atoms with Gasteiger partial charge in [-0.2, -0.15) is 0 Å². The predicted octanol–water partition coefficient (Wildman–Crippen LogP) is 3.98. The highest BCUT2D eigenvalue weighted by Crippen LogP contribution is 2.32. The van der Waals surface area contributed by atoms with Crippen LogP contribution in [0.5, 0.6) is 5.75 Å². The molecule has 2 unspecified atom stereocenters. The molecule has 1 N–H and O–H groups in total. The number of nitro groups is 1. The largest absolute Gasteiger partial charge is 0.496 e. The lowest BCUT2D eigenvalue weighted by atomic mass is 9.83. The summed E-state index contributed by atoms with van der Waals surface area (Å²) in [7, 11) is 1.53. The van der Waals surface area contributed by atoms with Crippen LogP contribution in [0.3, 0.4) is 0 Å². The van der Waals surface area contributed by atoms with Gasteiger partial charge < -0.3 is 10.1 Å². The summed E-state index contributed by atoms with van der Waals surface area (Å²) in [5.74, 6) is 1.17. The number of nitro benzene ring substituents is 1. The Bertz CT molecular complexity index is 476. The molecule has 2 atom stereocenters. The van der Waals surface area contributed by atoms with Gasteiger partial charge in [0.15, 0.2) is 0 Å². The van der Waals surface area contributed by atoms with Crippen LogP contribution in [0, 0.1) is 16.0 Å². The molecular weight excluding hydrogens is 256 g/mol. The maximum absolute atomic E-state index is 11.0. The number of anilines is 1. The van der Waals surface area contributed by atoms with Gasteiger partial charge in [0.05, 0.1) is 18.1 Å². The molecule has 1 aliphatic rings. The average molecular weight is 278 g/mol. The number of nitrogens with zero attached hydrogens (tertiary/aromatic N) is 1. The van der Waals surface area contributed by atoms with Gasteiger partial charge in [0.1, 0.15) is 5.75 Å². The third-order valence-electron chi connectivity index (χ3n) is 4.12. The van der Waals surface area contributed by atoms with Gasteiger partial charge in [-0.05, 0) is 18.8 Å². The smallest absolute Gasteiger partial charge is 0.275 e. The van der Waals surface area contributed by atoms with Gasteiger partial charge in [-0.15, -0.1) is 0 Å². The molecule has 1 saturated carbocycles. The first kappa shape index (κ1) is 14.6. The van der Waals surface area contributed by atoms with E-state index in [0.29, 0.717) is 17.7 Å². The maximum atomic E-state index is 11.0. The number of ether oxygens (including phenoxy) is 1. The first-order valence-electron chi connectivity index (χ1n) is 7.24. The van der Waals surface area contributed by atoms with E-state index in [-0.39, 0.29) is 10.6 Å². The van der Waals surface area contributed by atoms with Crippen molar-refractivity contribution in [2.45, 2.75) is 45.1 Å². The quantitative estimate of drug-likeness (QED) is 0.653. The van der Waals surface area contributed by atoms with E-state index in [1.54, 1.807) is 6.07 Å². The lowest BCUT2D eigenvalue weighted by molar-refractivity contribution is -0.384. The topological polar surface area (TPSA) is 64.4 Å². The molecule has 5 heteroatoms. The molecule has 0 saturated heterocycles. The second-order valence-electron chi connectivity index (χ2n) is 5.38. The minimum Gasteiger partial charge on any atom is -0.496 e. The maximum Gasteiger partial charge on any atom is 0.275 e. The number of methoxy groups -OCH3 is 1. The van der Waals surface area contributed by atoms with E-state index >= 15 is 0 Å². The molecule has 5 nitrogen and oxygen atoms in total. The summed E-state index contributed by atoms with van der Waals surface area (Å²) in [5.41, 5.74) is 0.845. The van der Waals surface area contributed by atoms with Gasteiger partial charge in [0.25, 0.3) is 5.69 Å². The van der Waals surface area contributed by atoms with Crippen molar-refractivity contribution in [3.05, 3.63) is 28.3 Å². The third kappa shape index (κ3) is 3.40. The first-order chi connectivity index (χ1) is 9.63. The fourth-order valence-corrected chi connectivity index (χ4v) is 2.99. The molecule has 0 aromatic heterocycles. The summed E-state index contributed by atoms with van der Waals surface area (Å²) >= 11 is 0. The Morgan fingerprint density at radius 3 is 2.75 bits per heavy atom. The molecule has 2 rings (SSSR count). The highest BCUT2D eigenvalue weighted by Gasteiger charge is 2.24. The Balaban J connectivity index is 2.18. The monoisotopic (exact) mass is 278 g/mol. The molecule has 1 aromatic rings. The summed E-state index contributed by atoms with van der Waals surface area (Å²) in [6, 6.07) is 5.27. The van der Waals surface area contributed by atoms with Crippen molar-refractivity contribution in [2.75, 3.05) is 12.4 Å². The lowest BCUT2D eigenvalue weighted by Crippen LogP contribution is -2.31. The zero-order valence-electron chi connectivity index (χ0n) is 12.1. The molecule has 1 aromatic carbocycles. The number of nitrogens with one attached hydrogen (secondary N) is 1. The summed E-state index contributed by atoms with van der Waals surface area (Å²) in [6.07, 6.45) is 6.02. The van der Waals surface area contributed by atoms with Crippen LogP contribution >= 0.6 is 0 Å². The standard InChI is InChI=1S/C15H22N2O3/c1-3-11-6-4-5-7-15(11)16-12-8-13(17(18)19)10-14(9-12)20-2/h8-11,15-16H,3-7H2,1-2H3. The number of non-ortho nitro benzene ring substituents is 1. The Labute approximate surface area is 119 Å². The van der Waals surface area contributed by atoms with Crippen molar-refractivity contribution < 1.29 is 9.66 Å². The van der Waals surface area contributed by atoms with Crippen molar-refractivity contribution >= 4 is 11.4 Å². The Morgan fingerprint density at radius 1 is 1.35 bits per heavy atom. The van der Waals surface area contributed by atoms with E-state index in [1.165, 1.54) is 32.4 Å². The van der Waals surface area contributed by atoms with E-state index < -0.39 is 0 Å². The molecule has 110 valence electrons. The van der Waals surface area contributed by atoms with Gasteiger partial charge in [0, 0.05) is 23.9 Å². The Kier molecular flexibility index (Phi) is 4.82. The lowest BCUT2D eigenvalue weighted by Gasteiger charge is -2.32. The van der Waals surface area contributed by atoms with Gasteiger partial charge in [-0.3, -0.25) is 10.1 Å². The van der Waals surface area contributed by atoms with E-state index in [2.05, 4.69) is 12.2 Å². The normalized spacial score (nSPS) is 22.3. The van der Waals surface area contributed by atoms with Crippen LogP contribution in [-0.4, -0.2) is 18.1 Å². The molecule has 0 spiro atoms. The van der Waals surface area contributed by atoms with Crippen molar-refractivity contribution in [2.24, 2.45) is 5.92 Å². The summed E-state index contributed by atoms with van der Waals surface area (Å²) in [6.45, 7) is 2.21. The minimum absolute atomic E-state index is 0.0655. The fraction of sp³-hybridized carbons (Fsp3) is 0.600. The Hall–Kier alpha value is -1.78. The molecule has 0 bridgehead atoms.